The molecule has 0 N–H and O–H groups in total. The second-order valence-corrected chi connectivity index (χ2v) is 3.73. The fraction of sp³-hybridized carbons (Fsp3) is 0.0909. The van der Waals surface area contributed by atoms with Gasteiger partial charge in [-0.05, 0) is 18.2 Å². The quantitative estimate of drug-likeness (QED) is 0.718. The van der Waals surface area contributed by atoms with E-state index < -0.39 is 11.6 Å². The van der Waals surface area contributed by atoms with E-state index >= 15 is 0 Å². The van der Waals surface area contributed by atoms with Gasteiger partial charge in [0.25, 0.3) is 0 Å². The smallest absolute Gasteiger partial charge is 0.248 e. The SMILES string of the molecule is Fc1ccc(-c2noc(Cn3cncn3)n2)cc1F. The predicted octanol–water partition coefficient (Wildman–Crippen LogP) is 1.65. The van der Waals surface area contributed by atoms with Crippen LogP contribution in [0.4, 0.5) is 8.78 Å². The molecular formula is C11H7F2N5O. The van der Waals surface area contributed by atoms with Gasteiger partial charge in [-0.15, -0.1) is 0 Å². The van der Waals surface area contributed by atoms with Crippen LogP contribution in [0.5, 0.6) is 0 Å². The number of nitrogens with zero attached hydrogens (tertiary/aromatic N) is 5. The van der Waals surface area contributed by atoms with E-state index in [9.17, 15) is 8.78 Å². The Bertz CT molecular complexity index is 695. The van der Waals surface area contributed by atoms with Gasteiger partial charge in [-0.2, -0.15) is 10.1 Å². The molecule has 0 saturated carbocycles. The standard InChI is InChI=1S/C11H7F2N5O/c12-8-2-1-7(3-9(8)13)11-16-10(19-17-11)4-18-6-14-5-15-18/h1-3,5-6H,4H2. The minimum atomic E-state index is -0.958. The van der Waals surface area contributed by atoms with E-state index in [1.165, 1.54) is 23.4 Å². The van der Waals surface area contributed by atoms with Gasteiger partial charge in [0, 0.05) is 5.56 Å². The average molecular weight is 263 g/mol. The zero-order valence-corrected chi connectivity index (χ0v) is 9.49. The molecule has 96 valence electrons. The van der Waals surface area contributed by atoms with Gasteiger partial charge >= 0.3 is 0 Å². The molecule has 0 bridgehead atoms. The molecule has 0 unspecified atom stereocenters. The first-order valence-corrected chi connectivity index (χ1v) is 5.33. The Balaban J connectivity index is 1.86. The van der Waals surface area contributed by atoms with Crippen molar-refractivity contribution in [3.05, 3.63) is 48.4 Å². The summed E-state index contributed by atoms with van der Waals surface area (Å²) >= 11 is 0. The first-order chi connectivity index (χ1) is 9.22. The summed E-state index contributed by atoms with van der Waals surface area (Å²) in [6.07, 6.45) is 2.88. The van der Waals surface area contributed by atoms with Crippen molar-refractivity contribution in [1.82, 2.24) is 24.9 Å². The molecule has 0 aliphatic rings. The van der Waals surface area contributed by atoms with Crippen LogP contribution >= 0.6 is 0 Å². The van der Waals surface area contributed by atoms with Crippen LogP contribution in [0, 0.1) is 11.6 Å². The van der Waals surface area contributed by atoms with E-state index in [0.29, 0.717) is 11.5 Å². The van der Waals surface area contributed by atoms with Gasteiger partial charge in [-0.3, -0.25) is 0 Å². The number of aromatic nitrogens is 5. The lowest BCUT2D eigenvalue weighted by Gasteiger charge is -1.95. The molecule has 0 atom stereocenters. The highest BCUT2D eigenvalue weighted by Gasteiger charge is 2.11. The van der Waals surface area contributed by atoms with Crippen LogP contribution in [0.25, 0.3) is 11.4 Å². The van der Waals surface area contributed by atoms with E-state index in [2.05, 4.69) is 20.2 Å². The van der Waals surface area contributed by atoms with E-state index in [1.807, 2.05) is 0 Å². The molecule has 1 aromatic carbocycles. The van der Waals surface area contributed by atoms with Crippen LogP contribution in [0.2, 0.25) is 0 Å². The Morgan fingerprint density at radius 2 is 2.11 bits per heavy atom. The summed E-state index contributed by atoms with van der Waals surface area (Å²) in [5.41, 5.74) is 0.340. The lowest BCUT2D eigenvalue weighted by molar-refractivity contribution is 0.366. The maximum absolute atomic E-state index is 13.1. The molecule has 2 aromatic heterocycles. The molecule has 0 radical (unpaired) electrons. The second-order valence-electron chi connectivity index (χ2n) is 3.73. The van der Waals surface area contributed by atoms with Crippen molar-refractivity contribution in [3.63, 3.8) is 0 Å². The van der Waals surface area contributed by atoms with Crippen LogP contribution in [0.15, 0.2) is 35.4 Å². The molecule has 8 heteroatoms. The van der Waals surface area contributed by atoms with Gasteiger partial charge in [-0.25, -0.2) is 18.4 Å². The van der Waals surface area contributed by atoms with Crippen molar-refractivity contribution in [2.45, 2.75) is 6.54 Å². The zero-order valence-electron chi connectivity index (χ0n) is 9.49. The van der Waals surface area contributed by atoms with Crippen LogP contribution in [-0.4, -0.2) is 24.9 Å². The number of rotatable bonds is 3. The number of benzene rings is 1. The maximum atomic E-state index is 13.1. The predicted molar refractivity (Wildman–Crippen MR) is 58.8 cm³/mol. The number of hydrogen-bond acceptors (Lipinski definition) is 5. The minimum absolute atomic E-state index is 0.189. The molecule has 0 saturated heterocycles. The van der Waals surface area contributed by atoms with E-state index in [0.717, 1.165) is 12.1 Å². The average Bonchev–Trinajstić information content (AvgIpc) is 3.05. The molecule has 0 fully saturated rings. The highest BCUT2D eigenvalue weighted by atomic mass is 19.2. The Morgan fingerprint density at radius 1 is 1.21 bits per heavy atom. The summed E-state index contributed by atoms with van der Waals surface area (Å²) in [4.78, 5) is 7.85. The van der Waals surface area contributed by atoms with Crippen LogP contribution in [0.1, 0.15) is 5.89 Å². The third-order valence-corrected chi connectivity index (χ3v) is 2.41. The fourth-order valence-corrected chi connectivity index (χ4v) is 1.52. The first-order valence-electron chi connectivity index (χ1n) is 5.33. The largest absolute Gasteiger partial charge is 0.337 e. The van der Waals surface area contributed by atoms with Crippen LogP contribution in [0.3, 0.4) is 0 Å². The Hall–Kier alpha value is -2.64. The van der Waals surface area contributed by atoms with Crippen molar-refractivity contribution in [2.75, 3.05) is 0 Å². The van der Waals surface area contributed by atoms with Crippen LogP contribution < -0.4 is 0 Å². The van der Waals surface area contributed by atoms with Gasteiger partial charge in [0.15, 0.2) is 11.6 Å². The third kappa shape index (κ3) is 2.32. The second kappa shape index (κ2) is 4.56. The summed E-state index contributed by atoms with van der Waals surface area (Å²) < 4.78 is 32.4. The highest BCUT2D eigenvalue weighted by molar-refractivity contribution is 5.54. The topological polar surface area (TPSA) is 69.6 Å². The summed E-state index contributed by atoms with van der Waals surface area (Å²) in [6, 6.07) is 3.40. The van der Waals surface area contributed by atoms with E-state index in [4.69, 9.17) is 4.52 Å². The van der Waals surface area contributed by atoms with E-state index in [-0.39, 0.29) is 12.4 Å². The fourth-order valence-electron chi connectivity index (χ4n) is 1.52. The van der Waals surface area contributed by atoms with Gasteiger partial charge in [0.2, 0.25) is 11.7 Å². The van der Waals surface area contributed by atoms with E-state index in [1.54, 1.807) is 0 Å². The van der Waals surface area contributed by atoms with Crippen molar-refractivity contribution >= 4 is 0 Å². The summed E-state index contributed by atoms with van der Waals surface area (Å²) in [6.45, 7) is 0.261. The molecule has 3 rings (SSSR count). The first kappa shape index (κ1) is 11.5. The third-order valence-electron chi connectivity index (χ3n) is 2.41. The molecular weight excluding hydrogens is 256 g/mol. The molecule has 0 spiro atoms. The monoisotopic (exact) mass is 263 g/mol. The van der Waals surface area contributed by atoms with Gasteiger partial charge in [0.1, 0.15) is 19.2 Å². The van der Waals surface area contributed by atoms with Crippen molar-refractivity contribution in [3.8, 4) is 11.4 Å². The van der Waals surface area contributed by atoms with Crippen molar-refractivity contribution in [2.24, 2.45) is 0 Å². The normalized spacial score (nSPS) is 10.8. The Kier molecular flexibility index (Phi) is 2.75. The van der Waals surface area contributed by atoms with Gasteiger partial charge in [-0.1, -0.05) is 5.16 Å². The Morgan fingerprint density at radius 3 is 2.84 bits per heavy atom. The number of halogens is 2. The van der Waals surface area contributed by atoms with Crippen molar-refractivity contribution in [1.29, 1.82) is 0 Å². The summed E-state index contributed by atoms with van der Waals surface area (Å²) in [5, 5.41) is 7.59. The highest BCUT2D eigenvalue weighted by Crippen LogP contribution is 2.18. The lowest BCUT2D eigenvalue weighted by Crippen LogP contribution is -2.00. The minimum Gasteiger partial charge on any atom is -0.337 e. The Labute approximate surface area is 105 Å². The van der Waals surface area contributed by atoms with Crippen molar-refractivity contribution < 1.29 is 13.3 Å². The maximum Gasteiger partial charge on any atom is 0.248 e. The molecule has 2 heterocycles. The molecule has 0 aliphatic carbocycles. The summed E-state index contributed by atoms with van der Waals surface area (Å²) in [5.74, 6) is -1.39. The lowest BCUT2D eigenvalue weighted by atomic mass is 10.2. The molecule has 3 aromatic rings. The molecule has 0 amide bonds. The number of hydrogen-bond donors (Lipinski definition) is 0. The van der Waals surface area contributed by atoms with Gasteiger partial charge in [0.05, 0.1) is 0 Å². The van der Waals surface area contributed by atoms with Gasteiger partial charge < -0.3 is 4.52 Å². The molecule has 0 aliphatic heterocycles. The molecule has 19 heavy (non-hydrogen) atoms. The molecule has 6 nitrogen and oxygen atoms in total. The summed E-state index contributed by atoms with van der Waals surface area (Å²) in [7, 11) is 0. The zero-order chi connectivity index (χ0) is 13.2. The van der Waals surface area contributed by atoms with Crippen LogP contribution in [-0.2, 0) is 6.54 Å².